The van der Waals surface area contributed by atoms with E-state index in [0.717, 1.165) is 0 Å². The number of hydrogen-bond acceptors (Lipinski definition) is 3. The highest BCUT2D eigenvalue weighted by Crippen LogP contribution is 2.01. The molecule has 0 saturated heterocycles. The lowest BCUT2D eigenvalue weighted by Gasteiger charge is -2.00. The first-order valence-electron chi connectivity index (χ1n) is 3.40. The summed E-state index contributed by atoms with van der Waals surface area (Å²) in [5, 5.41) is 0. The minimum Gasteiger partial charge on any atom is -0.360 e. The van der Waals surface area contributed by atoms with Crippen LogP contribution in [0.3, 0.4) is 0 Å². The fourth-order valence-electron chi connectivity index (χ4n) is 0.347. The predicted octanol–water partition coefficient (Wildman–Crippen LogP) is 1.18. The zero-order valence-electron chi connectivity index (χ0n) is 6.75. The Morgan fingerprint density at radius 2 is 2.09 bits per heavy atom. The van der Waals surface area contributed by atoms with Crippen molar-refractivity contribution in [2.75, 3.05) is 5.75 Å². The lowest BCUT2D eigenvalue weighted by atomic mass is 10.2. The molecule has 0 amide bonds. The first-order valence-corrected chi connectivity index (χ1v) is 4.65. The third kappa shape index (κ3) is 3.93. The molecule has 0 radical (unpaired) electrons. The van der Waals surface area contributed by atoms with Crippen LogP contribution in [0.1, 0.15) is 20.3 Å². The van der Waals surface area contributed by atoms with Gasteiger partial charge in [0.1, 0.15) is 0 Å². The second-order valence-electron chi connectivity index (χ2n) is 1.92. The number of carbonyl (C=O) groups excluding carboxylic acids is 1. The zero-order chi connectivity index (χ0) is 8.85. The Hall–Kier alpha value is -0.640. The van der Waals surface area contributed by atoms with Gasteiger partial charge in [-0.15, -0.1) is 0 Å². The van der Waals surface area contributed by atoms with Gasteiger partial charge >= 0.3 is 5.97 Å². The Labute approximate surface area is 69.1 Å². The zero-order valence-corrected chi connectivity index (χ0v) is 7.57. The molecule has 64 valence electrons. The molecule has 1 unspecified atom stereocenters. The van der Waals surface area contributed by atoms with Gasteiger partial charge < -0.3 is 4.18 Å². The molecule has 0 aromatic heterocycles. The van der Waals surface area contributed by atoms with Crippen LogP contribution in [-0.4, -0.2) is 15.9 Å². The van der Waals surface area contributed by atoms with Gasteiger partial charge in [-0.3, -0.25) is 0 Å². The largest absolute Gasteiger partial charge is 0.360 e. The highest BCUT2D eigenvalue weighted by Gasteiger charge is 2.09. The lowest BCUT2D eigenvalue weighted by Crippen LogP contribution is -2.10. The summed E-state index contributed by atoms with van der Waals surface area (Å²) in [7, 11) is 0. The topological polar surface area (TPSA) is 43.4 Å². The minimum absolute atomic E-state index is 0.322. The average Bonchev–Trinajstić information content (AvgIpc) is 2.02. The SMILES string of the molecule is C=C(CC)C(=O)OS(=O)CC. The van der Waals surface area contributed by atoms with Crippen LogP contribution in [0.15, 0.2) is 12.2 Å². The highest BCUT2D eigenvalue weighted by atomic mass is 32.2. The summed E-state index contributed by atoms with van der Waals surface area (Å²) in [5.74, 6) is -0.240. The maximum absolute atomic E-state index is 10.8. The van der Waals surface area contributed by atoms with Crippen LogP contribution in [0.2, 0.25) is 0 Å². The molecule has 11 heavy (non-hydrogen) atoms. The Morgan fingerprint density at radius 3 is 2.45 bits per heavy atom. The van der Waals surface area contributed by atoms with Crippen molar-refractivity contribution in [2.24, 2.45) is 0 Å². The Morgan fingerprint density at radius 1 is 1.55 bits per heavy atom. The van der Waals surface area contributed by atoms with Gasteiger partial charge in [0.15, 0.2) is 0 Å². The van der Waals surface area contributed by atoms with E-state index in [1.54, 1.807) is 13.8 Å². The van der Waals surface area contributed by atoms with Crippen LogP contribution >= 0.6 is 0 Å². The van der Waals surface area contributed by atoms with Crippen molar-refractivity contribution in [1.29, 1.82) is 0 Å². The molecule has 3 nitrogen and oxygen atoms in total. The molecule has 0 aliphatic heterocycles. The van der Waals surface area contributed by atoms with E-state index in [1.165, 1.54) is 0 Å². The number of rotatable bonds is 4. The molecule has 0 aromatic rings. The van der Waals surface area contributed by atoms with Gasteiger partial charge in [-0.25, -0.2) is 9.00 Å². The molecular formula is C7H12O3S. The summed E-state index contributed by atoms with van der Waals surface area (Å²) in [6, 6.07) is 0. The summed E-state index contributed by atoms with van der Waals surface area (Å²) < 4.78 is 15.2. The van der Waals surface area contributed by atoms with E-state index in [0.29, 0.717) is 17.7 Å². The standard InChI is InChI=1S/C7H12O3S/c1-4-6(3)7(8)10-11(9)5-2/h3-5H2,1-2H3. The van der Waals surface area contributed by atoms with Crippen molar-refractivity contribution in [3.63, 3.8) is 0 Å². The van der Waals surface area contributed by atoms with Crippen LogP contribution in [0.4, 0.5) is 0 Å². The molecule has 0 aliphatic rings. The monoisotopic (exact) mass is 176 g/mol. The summed E-state index contributed by atoms with van der Waals surface area (Å²) in [5.41, 5.74) is 0.354. The summed E-state index contributed by atoms with van der Waals surface area (Å²) in [6.45, 7) is 6.92. The molecule has 0 rings (SSSR count). The first kappa shape index (κ1) is 10.4. The van der Waals surface area contributed by atoms with Gasteiger partial charge in [-0.05, 0) is 6.42 Å². The molecule has 0 saturated carbocycles. The first-order chi connectivity index (χ1) is 5.11. The quantitative estimate of drug-likeness (QED) is 0.604. The van der Waals surface area contributed by atoms with Gasteiger partial charge in [0.25, 0.3) is 0 Å². The van der Waals surface area contributed by atoms with E-state index in [9.17, 15) is 9.00 Å². The summed E-state index contributed by atoms with van der Waals surface area (Å²) >= 11 is -1.49. The molecule has 0 heterocycles. The molecule has 0 aliphatic carbocycles. The maximum atomic E-state index is 10.8. The molecule has 0 spiro atoms. The fourth-order valence-corrected chi connectivity index (χ4v) is 0.751. The second kappa shape index (κ2) is 5.07. The van der Waals surface area contributed by atoms with Crippen LogP contribution in [-0.2, 0) is 20.1 Å². The second-order valence-corrected chi connectivity index (χ2v) is 3.27. The third-order valence-electron chi connectivity index (χ3n) is 1.12. The van der Waals surface area contributed by atoms with Crippen molar-refractivity contribution >= 4 is 17.0 Å². The normalized spacial score (nSPS) is 12.2. The number of hydrogen-bond donors (Lipinski definition) is 0. The predicted molar refractivity (Wildman–Crippen MR) is 44.2 cm³/mol. The molecule has 0 N–H and O–H groups in total. The van der Waals surface area contributed by atoms with E-state index in [-0.39, 0.29) is 0 Å². The third-order valence-corrected chi connectivity index (χ3v) is 1.93. The van der Waals surface area contributed by atoms with Crippen molar-refractivity contribution in [1.82, 2.24) is 0 Å². The van der Waals surface area contributed by atoms with Crippen LogP contribution < -0.4 is 0 Å². The fraction of sp³-hybridized carbons (Fsp3) is 0.571. The van der Waals surface area contributed by atoms with E-state index in [1.807, 2.05) is 0 Å². The van der Waals surface area contributed by atoms with E-state index >= 15 is 0 Å². The van der Waals surface area contributed by atoms with Gasteiger partial charge in [-0.2, -0.15) is 0 Å². The van der Waals surface area contributed by atoms with Crippen LogP contribution in [0, 0.1) is 0 Å². The lowest BCUT2D eigenvalue weighted by molar-refractivity contribution is -0.129. The van der Waals surface area contributed by atoms with Crippen molar-refractivity contribution < 1.29 is 13.2 Å². The molecule has 0 bridgehead atoms. The highest BCUT2D eigenvalue weighted by molar-refractivity contribution is 7.80. The molecular weight excluding hydrogens is 164 g/mol. The van der Waals surface area contributed by atoms with Gasteiger partial charge in [0.05, 0.1) is 5.75 Å². The molecule has 0 aromatic carbocycles. The Kier molecular flexibility index (Phi) is 4.77. The van der Waals surface area contributed by atoms with Crippen molar-refractivity contribution in [3.05, 3.63) is 12.2 Å². The average molecular weight is 176 g/mol. The summed E-state index contributed by atoms with van der Waals surface area (Å²) in [6.07, 6.45) is 0.528. The minimum atomic E-state index is -1.49. The summed E-state index contributed by atoms with van der Waals surface area (Å²) in [4.78, 5) is 10.8. The van der Waals surface area contributed by atoms with Gasteiger partial charge in [0.2, 0.25) is 11.1 Å². The van der Waals surface area contributed by atoms with Crippen LogP contribution in [0.5, 0.6) is 0 Å². The van der Waals surface area contributed by atoms with E-state index in [4.69, 9.17) is 0 Å². The van der Waals surface area contributed by atoms with E-state index < -0.39 is 17.0 Å². The van der Waals surface area contributed by atoms with Crippen molar-refractivity contribution in [3.8, 4) is 0 Å². The van der Waals surface area contributed by atoms with Crippen LogP contribution in [0.25, 0.3) is 0 Å². The van der Waals surface area contributed by atoms with Crippen molar-refractivity contribution in [2.45, 2.75) is 20.3 Å². The Balaban J connectivity index is 3.88. The molecule has 4 heteroatoms. The maximum Gasteiger partial charge on any atom is 0.347 e. The van der Waals surface area contributed by atoms with E-state index in [2.05, 4.69) is 10.8 Å². The smallest absolute Gasteiger partial charge is 0.347 e. The van der Waals surface area contributed by atoms with Gasteiger partial charge in [-0.1, -0.05) is 20.4 Å². The Bertz CT molecular complexity index is 186. The molecule has 0 fully saturated rings. The number of carbonyl (C=O) groups is 1. The van der Waals surface area contributed by atoms with Gasteiger partial charge in [0, 0.05) is 5.57 Å². The molecule has 1 atom stereocenters.